The molecular weight excluding hydrogens is 277 g/mol. The summed E-state index contributed by atoms with van der Waals surface area (Å²) in [6, 6.07) is 5.77. The predicted molar refractivity (Wildman–Crippen MR) is 76.4 cm³/mol. The topological polar surface area (TPSA) is 29.1 Å². The summed E-state index contributed by atoms with van der Waals surface area (Å²) in [4.78, 5) is 0. The molecule has 0 aliphatic rings. The minimum absolute atomic E-state index is 0.110. The van der Waals surface area contributed by atoms with E-state index in [1.54, 1.807) is 12.3 Å². The first-order chi connectivity index (χ1) is 7.90. The first-order valence-electron chi connectivity index (χ1n) is 5.41. The average Bonchev–Trinajstić information content (AvgIpc) is 2.15. The second-order valence-corrected chi connectivity index (χ2v) is 6.52. The zero-order valence-electron chi connectivity index (χ0n) is 10.2. The minimum Gasteiger partial charge on any atom is -0.307 e. The first-order valence-corrected chi connectivity index (χ1v) is 7.89. The van der Waals surface area contributed by atoms with Gasteiger partial charge in [-0.3, -0.25) is 4.21 Å². The Labute approximate surface area is 115 Å². The third kappa shape index (κ3) is 4.96. The smallest absolute Gasteiger partial charge is 0.0468 e. The van der Waals surface area contributed by atoms with Crippen LogP contribution in [0.2, 0.25) is 10.0 Å². The van der Waals surface area contributed by atoms with Crippen molar-refractivity contribution in [3.05, 3.63) is 33.8 Å². The Bertz CT molecular complexity index is 411. The van der Waals surface area contributed by atoms with Crippen LogP contribution in [-0.4, -0.2) is 22.3 Å². The quantitative estimate of drug-likeness (QED) is 0.901. The van der Waals surface area contributed by atoms with Crippen LogP contribution < -0.4 is 5.32 Å². The van der Waals surface area contributed by atoms with E-state index >= 15 is 0 Å². The zero-order valence-corrected chi connectivity index (χ0v) is 12.5. The third-order valence-electron chi connectivity index (χ3n) is 2.45. The van der Waals surface area contributed by atoms with Crippen LogP contribution >= 0.6 is 23.2 Å². The highest BCUT2D eigenvalue weighted by molar-refractivity contribution is 7.84. The highest BCUT2D eigenvalue weighted by Crippen LogP contribution is 2.26. The standard InChI is InChI=1S/C12H17Cl2NOS/c1-8(7-17(3)16)15-9(2)11-5-4-10(13)6-12(11)14/h4-6,8-9,15H,7H2,1-3H3. The van der Waals surface area contributed by atoms with Crippen molar-refractivity contribution >= 4 is 34.0 Å². The van der Waals surface area contributed by atoms with Gasteiger partial charge in [-0.2, -0.15) is 0 Å². The number of hydrogen-bond acceptors (Lipinski definition) is 2. The molecule has 1 aromatic rings. The van der Waals surface area contributed by atoms with Crippen molar-refractivity contribution in [1.82, 2.24) is 5.32 Å². The second-order valence-electron chi connectivity index (χ2n) is 4.20. The van der Waals surface area contributed by atoms with Crippen molar-refractivity contribution < 1.29 is 4.21 Å². The molecule has 1 rings (SSSR count). The molecule has 0 aromatic heterocycles. The molecule has 2 nitrogen and oxygen atoms in total. The van der Waals surface area contributed by atoms with Crippen molar-refractivity contribution in [2.75, 3.05) is 12.0 Å². The fraction of sp³-hybridized carbons (Fsp3) is 0.500. The van der Waals surface area contributed by atoms with Gasteiger partial charge in [-0.15, -0.1) is 0 Å². The molecule has 17 heavy (non-hydrogen) atoms. The molecule has 0 aliphatic heterocycles. The first kappa shape index (κ1) is 15.0. The number of hydrogen-bond donors (Lipinski definition) is 1. The number of nitrogens with one attached hydrogen (secondary N) is 1. The van der Waals surface area contributed by atoms with E-state index in [1.165, 1.54) is 0 Å². The summed E-state index contributed by atoms with van der Waals surface area (Å²) in [7, 11) is -0.794. The summed E-state index contributed by atoms with van der Waals surface area (Å²) >= 11 is 12.0. The van der Waals surface area contributed by atoms with E-state index in [0.29, 0.717) is 15.8 Å². The van der Waals surface area contributed by atoms with Crippen molar-refractivity contribution in [3.8, 4) is 0 Å². The largest absolute Gasteiger partial charge is 0.307 e. The van der Waals surface area contributed by atoms with E-state index in [1.807, 2.05) is 26.0 Å². The van der Waals surface area contributed by atoms with Gasteiger partial charge in [0.2, 0.25) is 0 Å². The molecule has 0 amide bonds. The van der Waals surface area contributed by atoms with Gasteiger partial charge in [0.15, 0.2) is 0 Å². The summed E-state index contributed by atoms with van der Waals surface area (Å²) in [5, 5.41) is 4.66. The Morgan fingerprint density at radius 3 is 2.53 bits per heavy atom. The Hall–Kier alpha value is -0.0900. The van der Waals surface area contributed by atoms with Crippen LogP contribution in [0.15, 0.2) is 18.2 Å². The van der Waals surface area contributed by atoms with E-state index in [9.17, 15) is 4.21 Å². The molecule has 0 saturated carbocycles. The van der Waals surface area contributed by atoms with E-state index in [0.717, 1.165) is 5.56 Å². The molecular formula is C12H17Cl2NOS. The second kappa shape index (κ2) is 6.74. The van der Waals surface area contributed by atoms with Gasteiger partial charge in [0.05, 0.1) is 0 Å². The monoisotopic (exact) mass is 293 g/mol. The highest BCUT2D eigenvalue weighted by Gasteiger charge is 2.13. The molecule has 0 saturated heterocycles. The van der Waals surface area contributed by atoms with Crippen LogP contribution in [0.25, 0.3) is 0 Å². The molecule has 0 fully saturated rings. The van der Waals surface area contributed by atoms with Crippen molar-refractivity contribution in [2.45, 2.75) is 25.9 Å². The number of benzene rings is 1. The molecule has 0 radical (unpaired) electrons. The van der Waals surface area contributed by atoms with Gasteiger partial charge in [0.1, 0.15) is 0 Å². The maximum atomic E-state index is 11.1. The SMILES string of the molecule is CC(CS(C)=O)NC(C)c1ccc(Cl)cc1Cl. The van der Waals surface area contributed by atoms with Gasteiger partial charge in [-0.1, -0.05) is 29.3 Å². The summed E-state index contributed by atoms with van der Waals surface area (Å²) < 4.78 is 11.1. The van der Waals surface area contributed by atoms with E-state index < -0.39 is 10.8 Å². The molecule has 0 aliphatic carbocycles. The van der Waals surface area contributed by atoms with Gasteiger partial charge >= 0.3 is 0 Å². The molecule has 3 atom stereocenters. The Kier molecular flexibility index (Phi) is 5.93. The maximum Gasteiger partial charge on any atom is 0.0468 e. The Morgan fingerprint density at radius 1 is 1.35 bits per heavy atom. The molecule has 96 valence electrons. The predicted octanol–water partition coefficient (Wildman–Crippen LogP) is 3.41. The maximum absolute atomic E-state index is 11.1. The molecule has 1 aromatic carbocycles. The fourth-order valence-corrected chi connectivity index (χ4v) is 3.14. The fourth-order valence-electron chi connectivity index (χ4n) is 1.77. The summed E-state index contributed by atoms with van der Waals surface area (Å²) in [5.41, 5.74) is 1.00. The Morgan fingerprint density at radius 2 is 2.00 bits per heavy atom. The zero-order chi connectivity index (χ0) is 13.0. The average molecular weight is 294 g/mol. The third-order valence-corrected chi connectivity index (χ3v) is 3.98. The lowest BCUT2D eigenvalue weighted by molar-refractivity contribution is 0.508. The molecule has 0 bridgehead atoms. The van der Waals surface area contributed by atoms with Crippen molar-refractivity contribution in [3.63, 3.8) is 0 Å². The Balaban J connectivity index is 2.69. The van der Waals surface area contributed by atoms with Crippen LogP contribution in [0.5, 0.6) is 0 Å². The summed E-state index contributed by atoms with van der Waals surface area (Å²) in [6.07, 6.45) is 1.71. The highest BCUT2D eigenvalue weighted by atomic mass is 35.5. The van der Waals surface area contributed by atoms with Crippen LogP contribution in [0, 0.1) is 0 Å². The van der Waals surface area contributed by atoms with Crippen LogP contribution in [0.1, 0.15) is 25.5 Å². The van der Waals surface area contributed by atoms with Gasteiger partial charge in [-0.25, -0.2) is 0 Å². The van der Waals surface area contributed by atoms with E-state index in [-0.39, 0.29) is 12.1 Å². The summed E-state index contributed by atoms with van der Waals surface area (Å²) in [5.74, 6) is 0.634. The van der Waals surface area contributed by atoms with E-state index in [2.05, 4.69) is 5.32 Å². The molecule has 0 heterocycles. The lowest BCUT2D eigenvalue weighted by atomic mass is 10.1. The van der Waals surface area contributed by atoms with Crippen LogP contribution in [0.3, 0.4) is 0 Å². The number of rotatable bonds is 5. The van der Waals surface area contributed by atoms with Gasteiger partial charge in [-0.05, 0) is 31.5 Å². The van der Waals surface area contributed by atoms with Crippen molar-refractivity contribution in [1.29, 1.82) is 0 Å². The summed E-state index contributed by atoms with van der Waals surface area (Å²) in [6.45, 7) is 4.05. The van der Waals surface area contributed by atoms with Gasteiger partial charge in [0, 0.05) is 44.9 Å². The van der Waals surface area contributed by atoms with E-state index in [4.69, 9.17) is 23.2 Å². The molecule has 0 spiro atoms. The lowest BCUT2D eigenvalue weighted by Crippen LogP contribution is -2.33. The minimum atomic E-state index is -0.794. The molecule has 5 heteroatoms. The van der Waals surface area contributed by atoms with Gasteiger partial charge in [0.25, 0.3) is 0 Å². The normalized spacial score (nSPS) is 16.5. The lowest BCUT2D eigenvalue weighted by Gasteiger charge is -2.20. The van der Waals surface area contributed by atoms with Crippen LogP contribution in [-0.2, 0) is 10.8 Å². The number of halogens is 2. The van der Waals surface area contributed by atoms with Gasteiger partial charge < -0.3 is 5.32 Å². The molecule has 3 unspecified atom stereocenters. The molecule has 1 N–H and O–H groups in total. The van der Waals surface area contributed by atoms with Crippen molar-refractivity contribution in [2.24, 2.45) is 0 Å². The van der Waals surface area contributed by atoms with Crippen LogP contribution in [0.4, 0.5) is 0 Å².